The van der Waals surface area contributed by atoms with E-state index in [9.17, 15) is 17.2 Å². The molecule has 1 atom stereocenters. The number of hydrogen-bond donors (Lipinski definition) is 1. The second-order valence-electron chi connectivity index (χ2n) is 6.25. The minimum absolute atomic E-state index is 0.0469. The van der Waals surface area contributed by atoms with E-state index in [1.807, 2.05) is 19.9 Å². The molecular formula is C18H19F2N3O3S. The van der Waals surface area contributed by atoms with Crippen LogP contribution in [0, 0.1) is 25.5 Å². The predicted molar refractivity (Wildman–Crippen MR) is 95.5 cm³/mol. The molecule has 1 aromatic carbocycles. The Labute approximate surface area is 155 Å². The Bertz CT molecular complexity index is 1030. The maximum absolute atomic E-state index is 13.8. The molecule has 0 spiro atoms. The van der Waals surface area contributed by atoms with Crippen molar-refractivity contribution in [2.24, 2.45) is 0 Å². The van der Waals surface area contributed by atoms with Crippen LogP contribution in [0.3, 0.4) is 0 Å². The number of sulfonamides is 1. The smallest absolute Gasteiger partial charge is 0.215 e. The molecule has 0 aliphatic carbocycles. The van der Waals surface area contributed by atoms with E-state index >= 15 is 0 Å². The molecule has 2 heterocycles. The van der Waals surface area contributed by atoms with E-state index in [1.165, 1.54) is 6.26 Å². The van der Waals surface area contributed by atoms with Crippen molar-refractivity contribution in [2.45, 2.75) is 25.6 Å². The first-order chi connectivity index (χ1) is 12.7. The van der Waals surface area contributed by atoms with Crippen LogP contribution in [-0.4, -0.2) is 24.7 Å². The highest BCUT2D eigenvalue weighted by Gasteiger charge is 2.23. The number of aromatic nitrogens is 2. The number of benzene rings is 1. The molecule has 0 bridgehead atoms. The van der Waals surface area contributed by atoms with Crippen molar-refractivity contribution in [3.63, 3.8) is 0 Å². The molecule has 1 N–H and O–H groups in total. The first kappa shape index (κ1) is 19.2. The van der Waals surface area contributed by atoms with Gasteiger partial charge in [0, 0.05) is 17.8 Å². The van der Waals surface area contributed by atoms with Crippen LogP contribution in [0.25, 0.3) is 0 Å². The molecular weight excluding hydrogens is 376 g/mol. The van der Waals surface area contributed by atoms with Gasteiger partial charge in [-0.25, -0.2) is 21.9 Å². The summed E-state index contributed by atoms with van der Waals surface area (Å²) in [6.07, 6.45) is 1.49. The lowest BCUT2D eigenvalue weighted by molar-refractivity contribution is 0.396. The van der Waals surface area contributed by atoms with Crippen LogP contribution in [-0.2, 0) is 15.8 Å². The molecule has 0 saturated carbocycles. The maximum atomic E-state index is 13.8. The Hall–Kier alpha value is -2.52. The Morgan fingerprint density at radius 2 is 2.00 bits per heavy atom. The Kier molecular flexibility index (Phi) is 5.43. The molecule has 1 unspecified atom stereocenters. The third-order valence-electron chi connectivity index (χ3n) is 4.06. The number of halogens is 2. The van der Waals surface area contributed by atoms with Gasteiger partial charge < -0.3 is 4.42 Å². The molecule has 0 fully saturated rings. The fraction of sp³-hybridized carbons (Fsp3) is 0.278. The molecule has 0 saturated heterocycles. The zero-order valence-corrected chi connectivity index (χ0v) is 15.6. The molecule has 3 aromatic rings. The van der Waals surface area contributed by atoms with Gasteiger partial charge in [-0.15, -0.1) is 0 Å². The fourth-order valence-electron chi connectivity index (χ4n) is 2.87. The zero-order valence-electron chi connectivity index (χ0n) is 14.8. The molecule has 9 heteroatoms. The van der Waals surface area contributed by atoms with E-state index in [2.05, 4.69) is 9.82 Å². The number of nitrogens with one attached hydrogen (secondary N) is 1. The lowest BCUT2D eigenvalue weighted by Gasteiger charge is -2.18. The number of aryl methyl sites for hydroxylation is 2. The van der Waals surface area contributed by atoms with Crippen LogP contribution in [0.5, 0.6) is 0 Å². The van der Waals surface area contributed by atoms with Crippen LogP contribution in [0.15, 0.2) is 47.1 Å². The van der Waals surface area contributed by atoms with Gasteiger partial charge in [-0.3, -0.25) is 4.68 Å². The summed E-state index contributed by atoms with van der Waals surface area (Å²) >= 11 is 0. The summed E-state index contributed by atoms with van der Waals surface area (Å²) in [4.78, 5) is 0. The summed E-state index contributed by atoms with van der Waals surface area (Å²) in [7, 11) is -3.91. The summed E-state index contributed by atoms with van der Waals surface area (Å²) < 4.78 is 61.4. The van der Waals surface area contributed by atoms with E-state index in [-0.39, 0.29) is 12.1 Å². The van der Waals surface area contributed by atoms with Gasteiger partial charge in [-0.1, -0.05) is 0 Å². The van der Waals surface area contributed by atoms with E-state index in [1.54, 1.807) is 16.8 Å². The molecule has 6 nitrogen and oxygen atoms in total. The third-order valence-corrected chi connectivity index (χ3v) is 5.36. The Morgan fingerprint density at radius 1 is 1.22 bits per heavy atom. The summed E-state index contributed by atoms with van der Waals surface area (Å²) in [5.41, 5.74) is 1.39. The minimum atomic E-state index is -3.91. The van der Waals surface area contributed by atoms with Gasteiger partial charge in [0.15, 0.2) is 0 Å². The largest absolute Gasteiger partial charge is 0.467 e. The molecule has 144 valence electrons. The highest BCUT2D eigenvalue weighted by Crippen LogP contribution is 2.21. The molecule has 3 rings (SSSR count). The first-order valence-electron chi connectivity index (χ1n) is 8.22. The quantitative estimate of drug-likeness (QED) is 0.667. The van der Waals surface area contributed by atoms with Crippen LogP contribution >= 0.6 is 0 Å². The average molecular weight is 395 g/mol. The summed E-state index contributed by atoms with van der Waals surface area (Å²) in [6, 6.07) is 7.50. The first-order valence-corrected chi connectivity index (χ1v) is 9.88. The SMILES string of the molecule is Cc1cc(C)n(C(CNS(=O)(=O)Cc2cc(F)ccc2F)c2ccco2)n1. The topological polar surface area (TPSA) is 77.1 Å². The summed E-state index contributed by atoms with van der Waals surface area (Å²) in [5, 5.41) is 4.39. The minimum Gasteiger partial charge on any atom is -0.467 e. The molecule has 27 heavy (non-hydrogen) atoms. The van der Waals surface area contributed by atoms with Gasteiger partial charge in [0.25, 0.3) is 0 Å². The standard InChI is InChI=1S/C18H19F2N3O3S/c1-12-8-13(2)23(22-12)17(18-4-3-7-26-18)10-21-27(24,25)11-14-9-15(19)5-6-16(14)20/h3-9,17,21H,10-11H2,1-2H3. The Morgan fingerprint density at radius 3 is 2.63 bits per heavy atom. The number of hydrogen-bond acceptors (Lipinski definition) is 4. The van der Waals surface area contributed by atoms with Gasteiger partial charge in [0.2, 0.25) is 10.0 Å². The van der Waals surface area contributed by atoms with Crippen molar-refractivity contribution in [1.82, 2.24) is 14.5 Å². The van der Waals surface area contributed by atoms with Crippen LogP contribution < -0.4 is 4.72 Å². The molecule has 2 aromatic heterocycles. The van der Waals surface area contributed by atoms with Crippen LogP contribution in [0.2, 0.25) is 0 Å². The highest BCUT2D eigenvalue weighted by molar-refractivity contribution is 7.88. The van der Waals surface area contributed by atoms with Crippen molar-refractivity contribution in [3.8, 4) is 0 Å². The van der Waals surface area contributed by atoms with Crippen molar-refractivity contribution in [3.05, 3.63) is 77.0 Å². The molecule has 0 aliphatic rings. The van der Waals surface area contributed by atoms with Crippen molar-refractivity contribution >= 4 is 10.0 Å². The van der Waals surface area contributed by atoms with E-state index in [4.69, 9.17) is 4.42 Å². The highest BCUT2D eigenvalue weighted by atomic mass is 32.2. The zero-order chi connectivity index (χ0) is 19.6. The predicted octanol–water partition coefficient (Wildman–Crippen LogP) is 3.08. The van der Waals surface area contributed by atoms with Gasteiger partial charge in [-0.2, -0.15) is 5.10 Å². The van der Waals surface area contributed by atoms with E-state index in [0.29, 0.717) is 5.76 Å². The van der Waals surface area contributed by atoms with Crippen LogP contribution in [0.1, 0.15) is 28.8 Å². The van der Waals surface area contributed by atoms with Crippen LogP contribution in [0.4, 0.5) is 8.78 Å². The lowest BCUT2D eigenvalue weighted by atomic mass is 10.2. The van der Waals surface area contributed by atoms with Gasteiger partial charge in [0.05, 0.1) is 17.7 Å². The summed E-state index contributed by atoms with van der Waals surface area (Å²) in [5.74, 6) is -1.61. The van der Waals surface area contributed by atoms with Gasteiger partial charge in [-0.05, 0) is 50.2 Å². The third kappa shape index (κ3) is 4.61. The average Bonchev–Trinajstić information content (AvgIpc) is 3.21. The molecule has 0 amide bonds. The van der Waals surface area contributed by atoms with Crippen molar-refractivity contribution in [2.75, 3.05) is 6.54 Å². The second kappa shape index (κ2) is 7.61. The van der Waals surface area contributed by atoms with Gasteiger partial charge >= 0.3 is 0 Å². The fourth-order valence-corrected chi connectivity index (χ4v) is 4.01. The van der Waals surface area contributed by atoms with Crippen molar-refractivity contribution in [1.29, 1.82) is 0 Å². The second-order valence-corrected chi connectivity index (χ2v) is 8.05. The van der Waals surface area contributed by atoms with E-state index < -0.39 is 33.5 Å². The molecule has 0 radical (unpaired) electrons. The number of furan rings is 1. The monoisotopic (exact) mass is 395 g/mol. The normalized spacial score (nSPS) is 13.0. The number of nitrogens with zero attached hydrogens (tertiary/aromatic N) is 2. The maximum Gasteiger partial charge on any atom is 0.215 e. The van der Waals surface area contributed by atoms with Gasteiger partial charge in [0.1, 0.15) is 23.4 Å². The lowest BCUT2D eigenvalue weighted by Crippen LogP contribution is -2.33. The van der Waals surface area contributed by atoms with E-state index in [0.717, 1.165) is 29.6 Å². The summed E-state index contributed by atoms with van der Waals surface area (Å²) in [6.45, 7) is 3.64. The van der Waals surface area contributed by atoms with Crippen molar-refractivity contribution < 1.29 is 21.6 Å². The number of rotatable bonds is 7. The molecule has 0 aliphatic heterocycles. The Balaban J connectivity index is 1.80.